The molecule has 3 aliphatic rings. The van der Waals surface area contributed by atoms with Crippen LogP contribution in [0.4, 0.5) is 0 Å². The zero-order valence-corrected chi connectivity index (χ0v) is 16.1. The number of amides is 2. The number of rotatable bonds is 3. The highest BCUT2D eigenvalue weighted by atomic mass is 16.2. The SMILES string of the molecule is CC(C)N1CCCC2(CCN(C(=O)C3CC(c4ccccn4)NN3)C2)C1=O. The molecule has 2 N–H and O–H groups in total. The van der Waals surface area contributed by atoms with Crippen LogP contribution in [0.25, 0.3) is 0 Å². The summed E-state index contributed by atoms with van der Waals surface area (Å²) in [6.07, 6.45) is 5.14. The third-order valence-electron chi connectivity index (χ3n) is 6.30. The normalized spacial score (nSPS) is 31.3. The first-order valence-electron chi connectivity index (χ1n) is 10.0. The van der Waals surface area contributed by atoms with Crippen molar-refractivity contribution in [2.24, 2.45) is 5.41 Å². The van der Waals surface area contributed by atoms with Gasteiger partial charge >= 0.3 is 0 Å². The van der Waals surface area contributed by atoms with Gasteiger partial charge in [-0.05, 0) is 51.7 Å². The molecular weight excluding hydrogens is 342 g/mol. The molecule has 4 heterocycles. The van der Waals surface area contributed by atoms with Crippen molar-refractivity contribution in [3.05, 3.63) is 30.1 Å². The van der Waals surface area contributed by atoms with E-state index >= 15 is 0 Å². The van der Waals surface area contributed by atoms with Crippen molar-refractivity contribution < 1.29 is 9.59 Å². The fraction of sp³-hybridized carbons (Fsp3) is 0.650. The van der Waals surface area contributed by atoms with E-state index in [1.165, 1.54) is 0 Å². The van der Waals surface area contributed by atoms with E-state index in [0.29, 0.717) is 19.5 Å². The second-order valence-electron chi connectivity index (χ2n) is 8.37. The van der Waals surface area contributed by atoms with E-state index in [-0.39, 0.29) is 35.4 Å². The molecule has 4 rings (SSSR count). The first-order chi connectivity index (χ1) is 13.0. The standard InChI is InChI=1S/C20H29N5O2/c1-14(2)25-10-5-7-20(19(25)27)8-11-24(13-20)18(26)17-12-16(22-23-17)15-6-3-4-9-21-15/h3-4,6,9,14,16-17,22-23H,5,7-8,10-13H2,1-2H3. The van der Waals surface area contributed by atoms with Crippen molar-refractivity contribution in [1.82, 2.24) is 25.6 Å². The number of nitrogens with one attached hydrogen (secondary N) is 2. The molecule has 3 saturated heterocycles. The minimum Gasteiger partial charge on any atom is -0.340 e. The Kier molecular flexibility index (Phi) is 4.90. The Bertz CT molecular complexity index is 710. The molecule has 0 aliphatic carbocycles. The van der Waals surface area contributed by atoms with Gasteiger partial charge < -0.3 is 9.80 Å². The van der Waals surface area contributed by atoms with Gasteiger partial charge in [-0.2, -0.15) is 0 Å². The topological polar surface area (TPSA) is 77.6 Å². The summed E-state index contributed by atoms with van der Waals surface area (Å²) in [5, 5.41) is 0. The Labute approximate surface area is 160 Å². The molecule has 3 unspecified atom stereocenters. The predicted octanol–water partition coefficient (Wildman–Crippen LogP) is 1.24. The van der Waals surface area contributed by atoms with Crippen LogP contribution in [-0.4, -0.2) is 58.3 Å². The maximum atomic E-state index is 13.1. The second kappa shape index (κ2) is 7.20. The summed E-state index contributed by atoms with van der Waals surface area (Å²) in [7, 11) is 0. The third-order valence-corrected chi connectivity index (χ3v) is 6.30. The van der Waals surface area contributed by atoms with Crippen molar-refractivity contribution in [3.8, 4) is 0 Å². The highest BCUT2D eigenvalue weighted by Crippen LogP contribution is 2.41. The van der Waals surface area contributed by atoms with Crippen LogP contribution in [0.2, 0.25) is 0 Å². The Morgan fingerprint density at radius 3 is 2.85 bits per heavy atom. The highest BCUT2D eigenvalue weighted by molar-refractivity contribution is 5.87. The molecule has 1 spiro atoms. The molecule has 146 valence electrons. The van der Waals surface area contributed by atoms with Gasteiger partial charge in [0.15, 0.2) is 0 Å². The summed E-state index contributed by atoms with van der Waals surface area (Å²) in [4.78, 5) is 34.4. The van der Waals surface area contributed by atoms with Gasteiger partial charge in [-0.3, -0.25) is 14.6 Å². The van der Waals surface area contributed by atoms with Crippen molar-refractivity contribution in [1.29, 1.82) is 0 Å². The molecule has 1 aromatic rings. The van der Waals surface area contributed by atoms with E-state index in [1.54, 1.807) is 6.20 Å². The van der Waals surface area contributed by atoms with Gasteiger partial charge in [-0.1, -0.05) is 6.07 Å². The number of carbonyl (C=O) groups is 2. The summed E-state index contributed by atoms with van der Waals surface area (Å²) in [5.74, 6) is 0.329. The highest BCUT2D eigenvalue weighted by Gasteiger charge is 2.50. The van der Waals surface area contributed by atoms with Crippen LogP contribution in [0.5, 0.6) is 0 Å². The van der Waals surface area contributed by atoms with E-state index in [4.69, 9.17) is 0 Å². The number of hydrazine groups is 1. The van der Waals surface area contributed by atoms with Crippen molar-refractivity contribution in [2.45, 2.75) is 57.7 Å². The molecular formula is C20H29N5O2. The molecule has 3 fully saturated rings. The van der Waals surface area contributed by atoms with Crippen LogP contribution >= 0.6 is 0 Å². The van der Waals surface area contributed by atoms with Gasteiger partial charge in [0.25, 0.3) is 0 Å². The zero-order chi connectivity index (χ0) is 19.0. The average molecular weight is 371 g/mol. The molecule has 0 bridgehead atoms. The van der Waals surface area contributed by atoms with Crippen molar-refractivity contribution >= 4 is 11.8 Å². The Balaban J connectivity index is 1.40. The van der Waals surface area contributed by atoms with Gasteiger partial charge in [-0.25, -0.2) is 10.9 Å². The molecule has 0 saturated carbocycles. The monoisotopic (exact) mass is 371 g/mol. The van der Waals surface area contributed by atoms with E-state index in [0.717, 1.165) is 31.5 Å². The van der Waals surface area contributed by atoms with Gasteiger partial charge in [-0.15, -0.1) is 0 Å². The summed E-state index contributed by atoms with van der Waals surface area (Å²) >= 11 is 0. The quantitative estimate of drug-likeness (QED) is 0.836. The fourth-order valence-corrected chi connectivity index (χ4v) is 4.75. The largest absolute Gasteiger partial charge is 0.340 e. The number of hydrogen-bond donors (Lipinski definition) is 2. The van der Waals surface area contributed by atoms with Gasteiger partial charge in [0.05, 0.1) is 17.2 Å². The van der Waals surface area contributed by atoms with Crippen molar-refractivity contribution in [3.63, 3.8) is 0 Å². The van der Waals surface area contributed by atoms with Crippen LogP contribution in [0, 0.1) is 5.41 Å². The van der Waals surface area contributed by atoms with Crippen LogP contribution < -0.4 is 10.9 Å². The number of piperidine rings is 1. The molecule has 2 amide bonds. The number of pyridine rings is 1. The van der Waals surface area contributed by atoms with Gasteiger partial charge in [0.1, 0.15) is 6.04 Å². The van der Waals surface area contributed by atoms with E-state index < -0.39 is 0 Å². The molecule has 0 radical (unpaired) electrons. The van der Waals surface area contributed by atoms with E-state index in [9.17, 15) is 9.59 Å². The molecule has 27 heavy (non-hydrogen) atoms. The number of likely N-dealkylation sites (tertiary alicyclic amines) is 2. The Morgan fingerprint density at radius 2 is 2.11 bits per heavy atom. The number of nitrogens with zero attached hydrogens (tertiary/aromatic N) is 3. The first kappa shape index (κ1) is 18.4. The third kappa shape index (κ3) is 3.34. The molecule has 7 nitrogen and oxygen atoms in total. The average Bonchev–Trinajstić information content (AvgIpc) is 3.32. The fourth-order valence-electron chi connectivity index (χ4n) is 4.75. The van der Waals surface area contributed by atoms with Crippen LogP contribution in [-0.2, 0) is 9.59 Å². The van der Waals surface area contributed by atoms with Crippen molar-refractivity contribution in [2.75, 3.05) is 19.6 Å². The van der Waals surface area contributed by atoms with E-state index in [1.807, 2.05) is 28.0 Å². The smallest absolute Gasteiger partial charge is 0.241 e. The molecule has 7 heteroatoms. The zero-order valence-electron chi connectivity index (χ0n) is 16.1. The summed E-state index contributed by atoms with van der Waals surface area (Å²) in [6.45, 7) is 6.21. The van der Waals surface area contributed by atoms with Crippen LogP contribution in [0.15, 0.2) is 24.4 Å². The van der Waals surface area contributed by atoms with Crippen LogP contribution in [0.1, 0.15) is 51.3 Å². The molecule has 3 atom stereocenters. The Morgan fingerprint density at radius 1 is 1.26 bits per heavy atom. The lowest BCUT2D eigenvalue weighted by Crippen LogP contribution is -2.53. The summed E-state index contributed by atoms with van der Waals surface area (Å²) in [6, 6.07) is 5.80. The minimum atomic E-state index is -0.370. The first-order valence-corrected chi connectivity index (χ1v) is 10.0. The van der Waals surface area contributed by atoms with Crippen LogP contribution in [0.3, 0.4) is 0 Å². The Hall–Kier alpha value is -1.99. The number of hydrogen-bond acceptors (Lipinski definition) is 5. The molecule has 0 aromatic carbocycles. The number of aromatic nitrogens is 1. The number of carbonyl (C=O) groups excluding carboxylic acids is 2. The predicted molar refractivity (Wildman–Crippen MR) is 101 cm³/mol. The lowest BCUT2D eigenvalue weighted by molar-refractivity contribution is -0.148. The maximum Gasteiger partial charge on any atom is 0.241 e. The lowest BCUT2D eigenvalue weighted by atomic mass is 9.78. The summed E-state index contributed by atoms with van der Waals surface area (Å²) in [5.41, 5.74) is 6.90. The van der Waals surface area contributed by atoms with Gasteiger partial charge in [0, 0.05) is 31.9 Å². The minimum absolute atomic E-state index is 0.0319. The van der Waals surface area contributed by atoms with E-state index in [2.05, 4.69) is 29.7 Å². The lowest BCUT2D eigenvalue weighted by Gasteiger charge is -2.41. The molecule has 1 aromatic heterocycles. The van der Waals surface area contributed by atoms with Gasteiger partial charge in [0.2, 0.25) is 11.8 Å². The molecule has 3 aliphatic heterocycles. The summed E-state index contributed by atoms with van der Waals surface area (Å²) < 4.78 is 0. The second-order valence-corrected chi connectivity index (χ2v) is 8.37. The maximum absolute atomic E-state index is 13.1.